The van der Waals surface area contributed by atoms with Crippen molar-refractivity contribution < 1.29 is 22.4 Å². The molecular weight excluding hydrogens is 504 g/mol. The lowest BCUT2D eigenvalue weighted by Gasteiger charge is -2.17. The van der Waals surface area contributed by atoms with E-state index in [0.29, 0.717) is 48.4 Å². The third-order valence-corrected chi connectivity index (χ3v) is 7.72. The molecule has 0 aliphatic carbocycles. The molecule has 0 fully saturated rings. The van der Waals surface area contributed by atoms with E-state index in [1.807, 2.05) is 52.0 Å². The zero-order valence-electron chi connectivity index (χ0n) is 22.5. The molecule has 0 saturated heterocycles. The van der Waals surface area contributed by atoms with E-state index in [2.05, 4.69) is 19.8 Å². The lowest BCUT2D eigenvalue weighted by Crippen LogP contribution is -2.15. The van der Waals surface area contributed by atoms with Crippen molar-refractivity contribution in [2.24, 2.45) is 0 Å². The molecular formula is C28H32N4O5S. The fourth-order valence-electron chi connectivity index (χ4n) is 3.98. The van der Waals surface area contributed by atoms with Gasteiger partial charge in [-0.05, 0) is 70.4 Å². The van der Waals surface area contributed by atoms with E-state index in [1.54, 1.807) is 32.0 Å². The molecule has 4 rings (SSSR count). The minimum Gasteiger partial charge on any atom is -0.473 e. The van der Waals surface area contributed by atoms with Crippen molar-refractivity contribution in [1.29, 1.82) is 0 Å². The first-order valence-electron chi connectivity index (χ1n) is 12.3. The highest BCUT2D eigenvalue weighted by Crippen LogP contribution is 2.33. The summed E-state index contributed by atoms with van der Waals surface area (Å²) in [5.74, 6) is 1.92. The summed E-state index contributed by atoms with van der Waals surface area (Å²) < 4.78 is 46.3. The SMILES string of the molecule is CCOCc1cc(COc2nc(C)nc(C)c2C)ccc1-c1ccccc1S(=O)(=O)Nc1noc(C)c1C. The van der Waals surface area contributed by atoms with Gasteiger partial charge in [0.25, 0.3) is 10.0 Å². The van der Waals surface area contributed by atoms with Gasteiger partial charge in [-0.15, -0.1) is 0 Å². The Balaban J connectivity index is 1.69. The minimum absolute atomic E-state index is 0.129. The molecule has 10 heteroatoms. The number of benzene rings is 2. The first-order chi connectivity index (χ1) is 18.1. The van der Waals surface area contributed by atoms with Crippen LogP contribution in [0.4, 0.5) is 5.82 Å². The van der Waals surface area contributed by atoms with Gasteiger partial charge in [0, 0.05) is 29.0 Å². The molecule has 38 heavy (non-hydrogen) atoms. The van der Waals surface area contributed by atoms with E-state index in [4.69, 9.17) is 14.0 Å². The predicted octanol–water partition coefficient (Wildman–Crippen LogP) is 5.59. The van der Waals surface area contributed by atoms with Gasteiger partial charge in [-0.25, -0.2) is 13.4 Å². The number of aryl methyl sites for hydroxylation is 3. The highest BCUT2D eigenvalue weighted by Gasteiger charge is 2.23. The van der Waals surface area contributed by atoms with Crippen LogP contribution in [0.3, 0.4) is 0 Å². The smallest absolute Gasteiger partial charge is 0.263 e. The number of sulfonamides is 1. The molecule has 9 nitrogen and oxygen atoms in total. The van der Waals surface area contributed by atoms with Gasteiger partial charge in [0.2, 0.25) is 5.88 Å². The Kier molecular flexibility index (Phi) is 8.13. The lowest BCUT2D eigenvalue weighted by molar-refractivity contribution is 0.134. The highest BCUT2D eigenvalue weighted by molar-refractivity contribution is 7.92. The summed E-state index contributed by atoms with van der Waals surface area (Å²) in [6, 6.07) is 12.7. The summed E-state index contributed by atoms with van der Waals surface area (Å²) in [5, 5.41) is 3.85. The summed E-state index contributed by atoms with van der Waals surface area (Å²) in [4.78, 5) is 8.92. The third-order valence-electron chi connectivity index (χ3n) is 6.32. The Morgan fingerprint density at radius 1 is 0.921 bits per heavy atom. The van der Waals surface area contributed by atoms with Crippen LogP contribution in [0.15, 0.2) is 51.9 Å². The second-order valence-corrected chi connectivity index (χ2v) is 10.7. The van der Waals surface area contributed by atoms with Crippen LogP contribution < -0.4 is 9.46 Å². The van der Waals surface area contributed by atoms with Crippen molar-refractivity contribution in [3.05, 3.63) is 82.0 Å². The van der Waals surface area contributed by atoms with Gasteiger partial charge in [0.15, 0.2) is 5.82 Å². The summed E-state index contributed by atoms with van der Waals surface area (Å²) >= 11 is 0. The van der Waals surface area contributed by atoms with E-state index >= 15 is 0 Å². The van der Waals surface area contributed by atoms with Gasteiger partial charge >= 0.3 is 0 Å². The number of anilines is 1. The van der Waals surface area contributed by atoms with Crippen LogP contribution in [-0.4, -0.2) is 30.1 Å². The van der Waals surface area contributed by atoms with Gasteiger partial charge in [0.05, 0.1) is 11.5 Å². The summed E-state index contributed by atoms with van der Waals surface area (Å²) in [7, 11) is -3.96. The third kappa shape index (κ3) is 5.87. The molecule has 4 aromatic rings. The average molecular weight is 537 g/mol. The van der Waals surface area contributed by atoms with E-state index in [-0.39, 0.29) is 10.7 Å². The summed E-state index contributed by atoms with van der Waals surface area (Å²) in [6.45, 7) is 12.2. The second kappa shape index (κ2) is 11.3. The van der Waals surface area contributed by atoms with Crippen molar-refractivity contribution in [3.63, 3.8) is 0 Å². The molecule has 1 N–H and O–H groups in total. The van der Waals surface area contributed by atoms with Crippen molar-refractivity contribution in [1.82, 2.24) is 15.1 Å². The van der Waals surface area contributed by atoms with Crippen molar-refractivity contribution >= 4 is 15.8 Å². The summed E-state index contributed by atoms with van der Waals surface area (Å²) in [6.07, 6.45) is 0. The lowest BCUT2D eigenvalue weighted by atomic mass is 9.98. The maximum absolute atomic E-state index is 13.4. The fraction of sp³-hybridized carbons (Fsp3) is 0.321. The minimum atomic E-state index is -3.96. The summed E-state index contributed by atoms with van der Waals surface area (Å²) in [5.41, 5.74) is 5.46. The number of aromatic nitrogens is 3. The van der Waals surface area contributed by atoms with E-state index < -0.39 is 10.0 Å². The zero-order valence-corrected chi connectivity index (χ0v) is 23.3. The standard InChI is InChI=1S/C28H32N4O5S/c1-7-35-16-23-14-22(15-36-28-17(2)19(4)29-21(6)30-28)12-13-24(23)25-10-8-9-11-26(25)38(33,34)32-27-18(3)20(5)37-31-27/h8-14H,7,15-16H2,1-6H3,(H,31,32). The predicted molar refractivity (Wildman–Crippen MR) is 145 cm³/mol. The largest absolute Gasteiger partial charge is 0.473 e. The Bertz CT molecular complexity index is 1560. The molecule has 0 amide bonds. The molecule has 0 bridgehead atoms. The number of nitrogens with zero attached hydrogens (tertiary/aromatic N) is 3. The molecule has 2 heterocycles. The number of nitrogens with one attached hydrogen (secondary N) is 1. The Morgan fingerprint density at radius 3 is 2.39 bits per heavy atom. The molecule has 0 aliphatic rings. The quantitative estimate of drug-likeness (QED) is 0.279. The number of rotatable bonds is 10. The Hall–Kier alpha value is -3.76. The first kappa shape index (κ1) is 27.3. The normalized spacial score (nSPS) is 11.5. The average Bonchev–Trinajstić information content (AvgIpc) is 3.20. The monoisotopic (exact) mass is 536 g/mol. The molecule has 2 aromatic heterocycles. The number of ether oxygens (including phenoxy) is 2. The van der Waals surface area contributed by atoms with Crippen LogP contribution in [0.25, 0.3) is 11.1 Å². The highest BCUT2D eigenvalue weighted by atomic mass is 32.2. The van der Waals surface area contributed by atoms with Crippen LogP contribution in [0, 0.1) is 34.6 Å². The molecule has 0 unspecified atom stereocenters. The van der Waals surface area contributed by atoms with Crippen molar-refractivity contribution in [2.45, 2.75) is 59.7 Å². The van der Waals surface area contributed by atoms with E-state index in [9.17, 15) is 8.42 Å². The van der Waals surface area contributed by atoms with Crippen LogP contribution >= 0.6 is 0 Å². The van der Waals surface area contributed by atoms with Crippen molar-refractivity contribution in [3.8, 4) is 17.0 Å². The number of hydrogen-bond acceptors (Lipinski definition) is 8. The van der Waals surface area contributed by atoms with Gasteiger partial charge in [-0.3, -0.25) is 4.72 Å². The van der Waals surface area contributed by atoms with Crippen molar-refractivity contribution in [2.75, 3.05) is 11.3 Å². The zero-order chi connectivity index (χ0) is 27.4. The topological polar surface area (TPSA) is 116 Å². The Labute approximate surface area is 223 Å². The molecule has 0 saturated carbocycles. The fourth-order valence-corrected chi connectivity index (χ4v) is 5.26. The first-order valence-corrected chi connectivity index (χ1v) is 13.8. The molecule has 0 aliphatic heterocycles. The Morgan fingerprint density at radius 2 is 1.68 bits per heavy atom. The van der Waals surface area contributed by atoms with Crippen LogP contribution in [-0.2, 0) is 28.0 Å². The second-order valence-electron chi connectivity index (χ2n) is 9.02. The number of hydrogen-bond donors (Lipinski definition) is 1. The maximum atomic E-state index is 13.4. The maximum Gasteiger partial charge on any atom is 0.263 e. The molecule has 0 radical (unpaired) electrons. The van der Waals surface area contributed by atoms with Gasteiger partial charge < -0.3 is 14.0 Å². The van der Waals surface area contributed by atoms with Crippen LogP contribution in [0.2, 0.25) is 0 Å². The molecule has 2 aromatic carbocycles. The van der Waals surface area contributed by atoms with Crippen LogP contribution in [0.5, 0.6) is 5.88 Å². The van der Waals surface area contributed by atoms with Crippen LogP contribution in [0.1, 0.15) is 46.5 Å². The van der Waals surface area contributed by atoms with Gasteiger partial charge in [0.1, 0.15) is 18.2 Å². The van der Waals surface area contributed by atoms with E-state index in [1.165, 1.54) is 0 Å². The van der Waals surface area contributed by atoms with Gasteiger partial charge in [-0.2, -0.15) is 4.98 Å². The molecule has 200 valence electrons. The molecule has 0 atom stereocenters. The molecule has 0 spiro atoms. The van der Waals surface area contributed by atoms with Gasteiger partial charge in [-0.1, -0.05) is 35.5 Å². The van der Waals surface area contributed by atoms with E-state index in [0.717, 1.165) is 27.9 Å².